The van der Waals surface area contributed by atoms with E-state index in [0.29, 0.717) is 0 Å². The number of methoxy groups -OCH3 is 1. The molecule has 0 spiro atoms. The first-order valence-electron chi connectivity index (χ1n) is 8.82. The zero-order valence-electron chi connectivity index (χ0n) is 15.7. The van der Waals surface area contributed by atoms with E-state index in [-0.39, 0.29) is 30.3 Å². The molecule has 0 aliphatic carbocycles. The number of rotatable bonds is 8. The predicted octanol–water partition coefficient (Wildman–Crippen LogP) is 4.54. The average Bonchev–Trinajstić information content (AvgIpc) is 2.76. The maximum atomic E-state index is 12.0. The van der Waals surface area contributed by atoms with Gasteiger partial charge in [0, 0.05) is 6.07 Å². The van der Waals surface area contributed by atoms with Crippen molar-refractivity contribution in [3.8, 4) is 11.5 Å². The smallest absolute Gasteiger partial charge is 0.345 e. The van der Waals surface area contributed by atoms with Crippen LogP contribution in [-0.4, -0.2) is 18.0 Å². The molecule has 0 N–H and O–H groups in total. The lowest BCUT2D eigenvalue weighted by atomic mass is 10.1. The second-order valence-electron chi connectivity index (χ2n) is 6.11. The van der Waals surface area contributed by atoms with Crippen LogP contribution in [0.4, 0.5) is 5.69 Å². The number of nitro benzene ring substituents is 1. The standard InChI is InChI=1S/C22H19NO6/c1-27-22(24)18-12-20(28-14-16-8-4-2-5-9-16)21(13-19(18)23(25)26)29-15-17-10-6-3-7-11-17/h2-13H,14-15H2,1H3. The third-order valence-electron chi connectivity index (χ3n) is 4.14. The van der Waals surface area contributed by atoms with Crippen molar-refractivity contribution >= 4 is 11.7 Å². The average molecular weight is 393 g/mol. The first kappa shape index (κ1) is 19.9. The third-order valence-corrected chi connectivity index (χ3v) is 4.14. The number of hydrogen-bond donors (Lipinski definition) is 0. The number of hydrogen-bond acceptors (Lipinski definition) is 6. The molecule has 0 unspecified atom stereocenters. The van der Waals surface area contributed by atoms with Crippen LogP contribution in [0.3, 0.4) is 0 Å². The monoisotopic (exact) mass is 393 g/mol. The van der Waals surface area contributed by atoms with E-state index in [2.05, 4.69) is 4.74 Å². The normalized spacial score (nSPS) is 10.2. The number of carbonyl (C=O) groups is 1. The van der Waals surface area contributed by atoms with Crippen LogP contribution in [0.1, 0.15) is 21.5 Å². The van der Waals surface area contributed by atoms with Crippen molar-refractivity contribution < 1.29 is 23.9 Å². The fourth-order valence-corrected chi connectivity index (χ4v) is 2.67. The van der Waals surface area contributed by atoms with Gasteiger partial charge in [-0.15, -0.1) is 0 Å². The Kier molecular flexibility index (Phi) is 6.42. The molecular formula is C22H19NO6. The number of benzene rings is 3. The summed E-state index contributed by atoms with van der Waals surface area (Å²) in [5.74, 6) is -0.434. The Balaban J connectivity index is 1.94. The molecule has 0 atom stereocenters. The Labute approximate surface area is 167 Å². The van der Waals surface area contributed by atoms with Crippen LogP contribution in [0, 0.1) is 10.1 Å². The molecule has 3 aromatic rings. The SMILES string of the molecule is COC(=O)c1cc(OCc2ccccc2)c(OCc2ccccc2)cc1[N+](=O)[O-]. The lowest BCUT2D eigenvalue weighted by Gasteiger charge is -2.14. The molecule has 0 bridgehead atoms. The minimum absolute atomic E-state index is 0.170. The van der Waals surface area contributed by atoms with Gasteiger partial charge in [-0.05, 0) is 11.1 Å². The van der Waals surface area contributed by atoms with Crippen molar-refractivity contribution in [2.75, 3.05) is 7.11 Å². The molecule has 7 nitrogen and oxygen atoms in total. The fraction of sp³-hybridized carbons (Fsp3) is 0.136. The quantitative estimate of drug-likeness (QED) is 0.317. The molecule has 3 rings (SSSR count). The fourth-order valence-electron chi connectivity index (χ4n) is 2.67. The number of esters is 1. The van der Waals surface area contributed by atoms with Gasteiger partial charge in [0.1, 0.15) is 18.8 Å². The van der Waals surface area contributed by atoms with Crippen LogP contribution in [0.15, 0.2) is 72.8 Å². The van der Waals surface area contributed by atoms with E-state index in [4.69, 9.17) is 9.47 Å². The minimum Gasteiger partial charge on any atom is -0.485 e. The predicted molar refractivity (Wildman–Crippen MR) is 106 cm³/mol. The van der Waals surface area contributed by atoms with E-state index < -0.39 is 16.6 Å². The summed E-state index contributed by atoms with van der Waals surface area (Å²) in [5, 5.41) is 11.5. The van der Waals surface area contributed by atoms with E-state index in [9.17, 15) is 14.9 Å². The van der Waals surface area contributed by atoms with Crippen LogP contribution < -0.4 is 9.47 Å². The molecule has 0 aliphatic rings. The molecule has 0 saturated heterocycles. The molecule has 29 heavy (non-hydrogen) atoms. The number of nitrogens with zero attached hydrogens (tertiary/aromatic N) is 1. The highest BCUT2D eigenvalue weighted by atomic mass is 16.6. The van der Waals surface area contributed by atoms with Crippen molar-refractivity contribution in [2.24, 2.45) is 0 Å². The number of nitro groups is 1. The van der Waals surface area contributed by atoms with Gasteiger partial charge in [-0.1, -0.05) is 60.7 Å². The van der Waals surface area contributed by atoms with Crippen molar-refractivity contribution in [1.82, 2.24) is 0 Å². The molecule has 0 radical (unpaired) electrons. The summed E-state index contributed by atoms with van der Waals surface area (Å²) in [6.45, 7) is 0.401. The van der Waals surface area contributed by atoms with Gasteiger partial charge in [-0.2, -0.15) is 0 Å². The van der Waals surface area contributed by atoms with Crippen molar-refractivity contribution in [2.45, 2.75) is 13.2 Å². The molecular weight excluding hydrogens is 374 g/mol. The van der Waals surface area contributed by atoms with Gasteiger partial charge in [-0.25, -0.2) is 4.79 Å². The number of ether oxygens (including phenoxy) is 3. The molecule has 0 saturated carbocycles. The summed E-state index contributed by atoms with van der Waals surface area (Å²) in [5.41, 5.74) is 1.18. The van der Waals surface area contributed by atoms with E-state index in [1.54, 1.807) is 0 Å². The zero-order chi connectivity index (χ0) is 20.6. The highest BCUT2D eigenvalue weighted by Crippen LogP contribution is 2.36. The second kappa shape index (κ2) is 9.36. The first-order chi connectivity index (χ1) is 14.1. The van der Waals surface area contributed by atoms with Crippen LogP contribution in [-0.2, 0) is 18.0 Å². The summed E-state index contributed by atoms with van der Waals surface area (Å²) in [4.78, 5) is 22.8. The Morgan fingerprint density at radius 3 is 1.79 bits per heavy atom. The van der Waals surface area contributed by atoms with Crippen LogP contribution >= 0.6 is 0 Å². The van der Waals surface area contributed by atoms with E-state index in [1.807, 2.05) is 60.7 Å². The molecule has 0 aliphatic heterocycles. The summed E-state index contributed by atoms with van der Waals surface area (Å²) in [7, 11) is 1.16. The molecule has 3 aromatic carbocycles. The summed E-state index contributed by atoms with van der Waals surface area (Å²) in [6.07, 6.45) is 0. The molecule has 0 heterocycles. The molecule has 0 aromatic heterocycles. The van der Waals surface area contributed by atoms with Gasteiger partial charge < -0.3 is 14.2 Å². The van der Waals surface area contributed by atoms with Crippen LogP contribution in [0.25, 0.3) is 0 Å². The van der Waals surface area contributed by atoms with Crippen LogP contribution in [0.5, 0.6) is 11.5 Å². The highest BCUT2D eigenvalue weighted by Gasteiger charge is 2.25. The lowest BCUT2D eigenvalue weighted by Crippen LogP contribution is -2.08. The second-order valence-corrected chi connectivity index (χ2v) is 6.11. The van der Waals surface area contributed by atoms with Gasteiger partial charge in [0.05, 0.1) is 18.1 Å². The van der Waals surface area contributed by atoms with Crippen molar-refractivity contribution in [3.05, 3.63) is 99.6 Å². The van der Waals surface area contributed by atoms with E-state index >= 15 is 0 Å². The van der Waals surface area contributed by atoms with Gasteiger partial charge >= 0.3 is 5.97 Å². The van der Waals surface area contributed by atoms with Gasteiger partial charge in [0.15, 0.2) is 11.5 Å². The van der Waals surface area contributed by atoms with Gasteiger partial charge in [0.25, 0.3) is 5.69 Å². The molecule has 0 amide bonds. The Morgan fingerprint density at radius 1 is 0.862 bits per heavy atom. The van der Waals surface area contributed by atoms with E-state index in [1.165, 1.54) is 12.1 Å². The largest absolute Gasteiger partial charge is 0.485 e. The van der Waals surface area contributed by atoms with E-state index in [0.717, 1.165) is 18.2 Å². The molecule has 148 valence electrons. The molecule has 7 heteroatoms. The third kappa shape index (κ3) is 5.10. The lowest BCUT2D eigenvalue weighted by molar-refractivity contribution is -0.385. The summed E-state index contributed by atoms with van der Waals surface area (Å²) < 4.78 is 16.3. The Bertz CT molecular complexity index is 989. The first-order valence-corrected chi connectivity index (χ1v) is 8.82. The topological polar surface area (TPSA) is 87.9 Å². The summed E-state index contributed by atoms with van der Waals surface area (Å²) in [6, 6.07) is 21.3. The summed E-state index contributed by atoms with van der Waals surface area (Å²) >= 11 is 0. The highest BCUT2D eigenvalue weighted by molar-refractivity contribution is 5.95. The zero-order valence-corrected chi connectivity index (χ0v) is 15.7. The van der Waals surface area contributed by atoms with Crippen LogP contribution in [0.2, 0.25) is 0 Å². The van der Waals surface area contributed by atoms with Crippen molar-refractivity contribution in [1.29, 1.82) is 0 Å². The maximum Gasteiger partial charge on any atom is 0.345 e. The Morgan fingerprint density at radius 2 is 1.34 bits per heavy atom. The maximum absolute atomic E-state index is 12.0. The molecule has 0 fully saturated rings. The van der Waals surface area contributed by atoms with Gasteiger partial charge in [-0.3, -0.25) is 10.1 Å². The Hall–Kier alpha value is -3.87. The number of carbonyl (C=O) groups excluding carboxylic acids is 1. The van der Waals surface area contributed by atoms with Gasteiger partial charge in [0.2, 0.25) is 0 Å². The van der Waals surface area contributed by atoms with Crippen molar-refractivity contribution in [3.63, 3.8) is 0 Å². The minimum atomic E-state index is -0.823.